The summed E-state index contributed by atoms with van der Waals surface area (Å²) in [5.74, 6) is 2.41. The van der Waals surface area contributed by atoms with Crippen molar-refractivity contribution in [2.45, 2.75) is 57.1 Å². The standard InChI is InChI=1S/C27H34N4O3S2/c1-21-8-12-23(13-9-21)34-24-14-10-22(11-15-24)20-26-28-27(35-29-26)30-16-5-17-31(19-18-30)36(32,33)25-6-3-2-4-7-25/h8-15,25H,2-7,16-20H2,1H3. The molecule has 1 aliphatic heterocycles. The molecule has 192 valence electrons. The predicted octanol–water partition coefficient (Wildman–Crippen LogP) is 5.40. The molecular formula is C27H34N4O3S2. The number of ether oxygens (including phenoxy) is 1. The molecule has 36 heavy (non-hydrogen) atoms. The Balaban J connectivity index is 1.17. The zero-order valence-electron chi connectivity index (χ0n) is 20.8. The van der Waals surface area contributed by atoms with Gasteiger partial charge < -0.3 is 9.64 Å². The van der Waals surface area contributed by atoms with E-state index in [4.69, 9.17) is 9.72 Å². The van der Waals surface area contributed by atoms with E-state index >= 15 is 0 Å². The van der Waals surface area contributed by atoms with Crippen molar-refractivity contribution >= 4 is 26.7 Å². The van der Waals surface area contributed by atoms with Crippen LogP contribution in [-0.4, -0.2) is 53.5 Å². The van der Waals surface area contributed by atoms with Crippen LogP contribution in [0.15, 0.2) is 48.5 Å². The lowest BCUT2D eigenvalue weighted by Crippen LogP contribution is -2.41. The van der Waals surface area contributed by atoms with Gasteiger partial charge in [-0.05, 0) is 56.0 Å². The second-order valence-corrected chi connectivity index (χ2v) is 12.7. The topological polar surface area (TPSA) is 75.6 Å². The molecule has 9 heteroatoms. The monoisotopic (exact) mass is 526 g/mol. The Morgan fingerprint density at radius 3 is 2.31 bits per heavy atom. The minimum Gasteiger partial charge on any atom is -0.457 e. The van der Waals surface area contributed by atoms with Crippen LogP contribution in [0.3, 0.4) is 0 Å². The molecule has 1 saturated carbocycles. The first kappa shape index (κ1) is 25.2. The molecule has 2 aliphatic rings. The Morgan fingerprint density at radius 1 is 0.889 bits per heavy atom. The van der Waals surface area contributed by atoms with Gasteiger partial charge in [0.05, 0.1) is 5.25 Å². The summed E-state index contributed by atoms with van der Waals surface area (Å²) in [6.07, 6.45) is 6.29. The lowest BCUT2D eigenvalue weighted by molar-refractivity contribution is 0.402. The predicted molar refractivity (Wildman–Crippen MR) is 145 cm³/mol. The normalized spacial score (nSPS) is 18.2. The van der Waals surface area contributed by atoms with E-state index in [9.17, 15) is 8.42 Å². The largest absolute Gasteiger partial charge is 0.457 e. The van der Waals surface area contributed by atoms with Gasteiger partial charge in [0.1, 0.15) is 17.3 Å². The summed E-state index contributed by atoms with van der Waals surface area (Å²) < 4.78 is 38.5. The fraction of sp³-hybridized carbons (Fsp3) is 0.481. The van der Waals surface area contributed by atoms with Gasteiger partial charge in [0.2, 0.25) is 15.2 Å². The number of rotatable bonds is 7. The SMILES string of the molecule is Cc1ccc(Oc2ccc(Cc3nsc(N4CCCN(S(=O)(=O)C5CCCCC5)CC4)n3)cc2)cc1. The highest BCUT2D eigenvalue weighted by molar-refractivity contribution is 7.89. The summed E-state index contributed by atoms with van der Waals surface area (Å²) in [7, 11) is -3.21. The molecule has 2 aromatic carbocycles. The smallest absolute Gasteiger partial charge is 0.217 e. The van der Waals surface area contributed by atoms with Crippen LogP contribution in [0.1, 0.15) is 55.5 Å². The molecule has 0 bridgehead atoms. The minimum atomic E-state index is -3.21. The van der Waals surface area contributed by atoms with Crippen LogP contribution in [0.2, 0.25) is 0 Å². The molecule has 0 N–H and O–H groups in total. The van der Waals surface area contributed by atoms with E-state index in [1.165, 1.54) is 17.1 Å². The van der Waals surface area contributed by atoms with Crippen molar-refractivity contribution in [1.29, 1.82) is 0 Å². The Bertz CT molecular complexity index is 1240. The van der Waals surface area contributed by atoms with Crippen molar-refractivity contribution in [2.75, 3.05) is 31.1 Å². The van der Waals surface area contributed by atoms with Crippen LogP contribution in [0.4, 0.5) is 5.13 Å². The van der Waals surface area contributed by atoms with Gasteiger partial charge in [-0.15, -0.1) is 0 Å². The Kier molecular flexibility index (Phi) is 7.88. The van der Waals surface area contributed by atoms with Crippen molar-refractivity contribution in [3.05, 3.63) is 65.5 Å². The number of sulfonamides is 1. The first-order valence-corrected chi connectivity index (χ1v) is 15.1. The third-order valence-electron chi connectivity index (χ3n) is 7.06. The van der Waals surface area contributed by atoms with E-state index in [2.05, 4.69) is 16.2 Å². The molecule has 0 unspecified atom stereocenters. The van der Waals surface area contributed by atoms with Crippen molar-refractivity contribution in [1.82, 2.24) is 13.7 Å². The zero-order valence-corrected chi connectivity index (χ0v) is 22.4. The molecule has 5 rings (SSSR count). The highest BCUT2D eigenvalue weighted by Crippen LogP contribution is 2.28. The lowest BCUT2D eigenvalue weighted by atomic mass is 10.0. The third kappa shape index (κ3) is 6.07. The molecule has 0 amide bonds. The van der Waals surface area contributed by atoms with Gasteiger partial charge in [-0.3, -0.25) is 0 Å². The van der Waals surface area contributed by atoms with E-state index in [0.29, 0.717) is 26.1 Å². The highest BCUT2D eigenvalue weighted by atomic mass is 32.2. The fourth-order valence-corrected chi connectivity index (χ4v) is 7.77. The summed E-state index contributed by atoms with van der Waals surface area (Å²) in [6.45, 7) is 4.64. The molecule has 2 fully saturated rings. The van der Waals surface area contributed by atoms with E-state index in [0.717, 1.165) is 73.1 Å². The molecule has 0 atom stereocenters. The molecule has 1 saturated heterocycles. The number of hydrogen-bond donors (Lipinski definition) is 0. The number of aryl methyl sites for hydroxylation is 1. The summed E-state index contributed by atoms with van der Waals surface area (Å²) >= 11 is 1.40. The number of benzene rings is 2. The summed E-state index contributed by atoms with van der Waals surface area (Å²) in [5, 5.41) is 0.681. The van der Waals surface area contributed by atoms with Crippen LogP contribution >= 0.6 is 11.5 Å². The highest BCUT2D eigenvalue weighted by Gasteiger charge is 2.34. The number of hydrogen-bond acceptors (Lipinski definition) is 7. The van der Waals surface area contributed by atoms with Gasteiger partial charge in [-0.1, -0.05) is 49.1 Å². The van der Waals surface area contributed by atoms with Gasteiger partial charge in [0.15, 0.2) is 0 Å². The van der Waals surface area contributed by atoms with Gasteiger partial charge >= 0.3 is 0 Å². The van der Waals surface area contributed by atoms with E-state index < -0.39 is 10.0 Å². The molecule has 0 spiro atoms. The Morgan fingerprint density at radius 2 is 1.58 bits per heavy atom. The zero-order chi connectivity index (χ0) is 25.0. The summed E-state index contributed by atoms with van der Waals surface area (Å²) in [4.78, 5) is 6.97. The van der Waals surface area contributed by atoms with Crippen molar-refractivity contribution in [3.63, 3.8) is 0 Å². The number of nitrogens with zero attached hydrogens (tertiary/aromatic N) is 4. The van der Waals surface area contributed by atoms with E-state index in [1.807, 2.05) is 48.5 Å². The first-order valence-electron chi connectivity index (χ1n) is 12.9. The van der Waals surface area contributed by atoms with Crippen LogP contribution in [0, 0.1) is 6.92 Å². The summed E-state index contributed by atoms with van der Waals surface area (Å²) in [5.41, 5.74) is 2.33. The quantitative estimate of drug-likeness (QED) is 0.410. The second kappa shape index (κ2) is 11.3. The lowest BCUT2D eigenvalue weighted by Gasteiger charge is -2.28. The van der Waals surface area contributed by atoms with Gasteiger partial charge in [-0.2, -0.15) is 8.68 Å². The van der Waals surface area contributed by atoms with Gasteiger partial charge in [0.25, 0.3) is 0 Å². The van der Waals surface area contributed by atoms with Gasteiger partial charge in [-0.25, -0.2) is 13.4 Å². The average molecular weight is 527 g/mol. The Hall–Kier alpha value is -2.49. The van der Waals surface area contributed by atoms with Gasteiger partial charge in [0, 0.05) is 44.1 Å². The maximum Gasteiger partial charge on any atom is 0.217 e. The Labute approximate surface area is 218 Å². The molecule has 2 heterocycles. The number of aromatic nitrogens is 2. The molecule has 1 aliphatic carbocycles. The van der Waals surface area contributed by atoms with Crippen molar-refractivity contribution < 1.29 is 13.2 Å². The number of anilines is 1. The van der Waals surface area contributed by atoms with E-state index in [-0.39, 0.29) is 5.25 Å². The first-order chi connectivity index (χ1) is 17.5. The van der Waals surface area contributed by atoms with Crippen molar-refractivity contribution in [3.8, 4) is 11.5 Å². The molecular weight excluding hydrogens is 492 g/mol. The molecule has 3 aromatic rings. The molecule has 0 radical (unpaired) electrons. The second-order valence-electron chi connectivity index (χ2n) is 9.77. The van der Waals surface area contributed by atoms with E-state index in [1.54, 1.807) is 4.31 Å². The maximum atomic E-state index is 13.2. The average Bonchev–Trinajstić information content (AvgIpc) is 3.21. The minimum absolute atomic E-state index is 0.195. The fourth-order valence-electron chi connectivity index (χ4n) is 4.96. The maximum absolute atomic E-state index is 13.2. The third-order valence-corrected chi connectivity index (χ3v) is 10.3. The van der Waals surface area contributed by atoms with Crippen LogP contribution in [-0.2, 0) is 16.4 Å². The molecule has 1 aromatic heterocycles. The summed E-state index contributed by atoms with van der Waals surface area (Å²) in [6, 6.07) is 16.0. The van der Waals surface area contributed by atoms with Crippen LogP contribution in [0.5, 0.6) is 11.5 Å². The van der Waals surface area contributed by atoms with Crippen LogP contribution < -0.4 is 9.64 Å². The molecule has 7 nitrogen and oxygen atoms in total. The van der Waals surface area contributed by atoms with Crippen LogP contribution in [0.25, 0.3) is 0 Å². The van der Waals surface area contributed by atoms with Crippen molar-refractivity contribution in [2.24, 2.45) is 0 Å².